The predicted octanol–water partition coefficient (Wildman–Crippen LogP) is 4.22. The van der Waals surface area contributed by atoms with Gasteiger partial charge in [-0.15, -0.1) is 0 Å². The van der Waals surface area contributed by atoms with Crippen molar-refractivity contribution in [3.8, 4) is 5.75 Å². The summed E-state index contributed by atoms with van der Waals surface area (Å²) in [6.07, 6.45) is 5.42. The van der Waals surface area contributed by atoms with Gasteiger partial charge in [-0.2, -0.15) is 5.10 Å². The van der Waals surface area contributed by atoms with Crippen LogP contribution in [0.3, 0.4) is 0 Å². The number of amidine groups is 1. The summed E-state index contributed by atoms with van der Waals surface area (Å²) in [5.74, 6) is 0.875. The molecule has 37 heavy (non-hydrogen) atoms. The molecule has 0 aliphatic carbocycles. The summed E-state index contributed by atoms with van der Waals surface area (Å²) in [5.41, 5.74) is 2.38. The number of amides is 1. The molecule has 3 heterocycles. The van der Waals surface area contributed by atoms with E-state index in [0.29, 0.717) is 41.5 Å². The highest BCUT2D eigenvalue weighted by Gasteiger charge is 2.19. The standard InChI is InChI=1S/C24H27FN8O2.C2H6/c1-4-5-16-11-21(32-31-16)30-20(26-3)12-22(33-9-8-27-23(34)13-33)28-14-35-19-7-6-18-17(24(19)25)10-15(2)29-18;1-2/h4-7,10-12,29H,3,8-9,13-14H2,1-2H3,(H,27,34)(H2,30,31,32);1-2H3/b5-4+,20-12+,28-22+;. The zero-order chi connectivity index (χ0) is 26.8. The fourth-order valence-electron chi connectivity index (χ4n) is 3.68. The lowest BCUT2D eigenvalue weighted by Gasteiger charge is -2.28. The summed E-state index contributed by atoms with van der Waals surface area (Å²) in [5, 5.41) is 13.4. The number of H-pyrrole nitrogens is 2. The Morgan fingerprint density at radius 2 is 2.16 bits per heavy atom. The summed E-state index contributed by atoms with van der Waals surface area (Å²) in [7, 11) is 0. The summed E-state index contributed by atoms with van der Waals surface area (Å²) >= 11 is 0. The Morgan fingerprint density at radius 1 is 1.35 bits per heavy atom. The fraction of sp³-hybridized carbons (Fsp3) is 0.308. The first-order valence-electron chi connectivity index (χ1n) is 12.1. The molecule has 4 rings (SSSR count). The molecule has 1 aromatic carbocycles. The molecule has 1 amide bonds. The maximum Gasteiger partial charge on any atom is 0.239 e. The van der Waals surface area contributed by atoms with E-state index in [2.05, 4.69) is 42.5 Å². The first-order chi connectivity index (χ1) is 18.0. The van der Waals surface area contributed by atoms with Crippen molar-refractivity contribution in [3.05, 3.63) is 59.4 Å². The van der Waals surface area contributed by atoms with Gasteiger partial charge in [0.15, 0.2) is 24.1 Å². The molecule has 0 spiro atoms. The second-order valence-electron chi connectivity index (χ2n) is 7.87. The smallest absolute Gasteiger partial charge is 0.239 e. The lowest BCUT2D eigenvalue weighted by Crippen LogP contribution is -2.49. The van der Waals surface area contributed by atoms with Crippen LogP contribution in [0.15, 0.2) is 52.2 Å². The Bertz CT molecular complexity index is 1320. The van der Waals surface area contributed by atoms with Crippen molar-refractivity contribution in [2.45, 2.75) is 27.7 Å². The summed E-state index contributed by atoms with van der Waals surface area (Å²) in [4.78, 5) is 25.4. The highest BCUT2D eigenvalue weighted by atomic mass is 19.1. The van der Waals surface area contributed by atoms with E-state index in [-0.39, 0.29) is 24.9 Å². The van der Waals surface area contributed by atoms with Crippen molar-refractivity contribution in [2.75, 3.05) is 31.7 Å². The number of nitrogens with one attached hydrogen (secondary N) is 4. The number of carbonyl (C=O) groups is 1. The van der Waals surface area contributed by atoms with Gasteiger partial charge in [-0.05, 0) is 44.8 Å². The number of aryl methyl sites for hydroxylation is 1. The Labute approximate surface area is 215 Å². The minimum atomic E-state index is -0.456. The van der Waals surface area contributed by atoms with Gasteiger partial charge < -0.3 is 25.3 Å². The molecule has 0 unspecified atom stereocenters. The second-order valence-corrected chi connectivity index (χ2v) is 7.87. The maximum atomic E-state index is 14.9. The third kappa shape index (κ3) is 7.06. The van der Waals surface area contributed by atoms with Crippen molar-refractivity contribution in [2.24, 2.45) is 9.98 Å². The van der Waals surface area contributed by atoms with E-state index in [4.69, 9.17) is 4.74 Å². The number of aromatic amines is 2. The molecule has 11 heteroatoms. The number of nitrogens with zero attached hydrogens (tertiary/aromatic N) is 4. The molecule has 0 radical (unpaired) electrons. The third-order valence-corrected chi connectivity index (χ3v) is 5.28. The molecule has 3 aromatic rings. The van der Waals surface area contributed by atoms with Crippen molar-refractivity contribution in [1.29, 1.82) is 0 Å². The van der Waals surface area contributed by atoms with Gasteiger partial charge in [0.05, 0.1) is 12.2 Å². The lowest BCUT2D eigenvalue weighted by atomic mass is 10.2. The van der Waals surface area contributed by atoms with Crippen LogP contribution in [0.1, 0.15) is 32.2 Å². The van der Waals surface area contributed by atoms with E-state index in [1.54, 1.807) is 29.2 Å². The van der Waals surface area contributed by atoms with Crippen LogP contribution >= 0.6 is 0 Å². The van der Waals surface area contributed by atoms with Gasteiger partial charge in [-0.1, -0.05) is 19.9 Å². The van der Waals surface area contributed by atoms with Crippen LogP contribution in [-0.4, -0.2) is 64.9 Å². The number of piperazine rings is 1. The number of hydrogen-bond acceptors (Lipinski definition) is 6. The number of aromatic nitrogens is 3. The fourth-order valence-corrected chi connectivity index (χ4v) is 3.68. The molecule has 1 saturated heterocycles. The Balaban J connectivity index is 0.00000186. The van der Waals surface area contributed by atoms with Crippen LogP contribution in [0.25, 0.3) is 17.0 Å². The molecular formula is C26H33FN8O2. The Kier molecular flexibility index (Phi) is 9.59. The molecule has 196 valence electrons. The van der Waals surface area contributed by atoms with Crippen LogP contribution in [0.5, 0.6) is 5.75 Å². The highest BCUT2D eigenvalue weighted by Crippen LogP contribution is 2.27. The largest absolute Gasteiger partial charge is 0.468 e. The number of aliphatic imine (C=N–C) groups is 2. The monoisotopic (exact) mass is 508 g/mol. The van der Waals surface area contributed by atoms with E-state index in [1.165, 1.54) is 0 Å². The minimum Gasteiger partial charge on any atom is -0.468 e. The maximum absolute atomic E-state index is 14.9. The van der Waals surface area contributed by atoms with Crippen LogP contribution < -0.4 is 15.4 Å². The van der Waals surface area contributed by atoms with Crippen molar-refractivity contribution >= 4 is 41.3 Å². The first kappa shape index (κ1) is 27.2. The van der Waals surface area contributed by atoms with E-state index in [1.807, 2.05) is 45.9 Å². The van der Waals surface area contributed by atoms with Crippen LogP contribution in [0.4, 0.5) is 10.2 Å². The summed E-state index contributed by atoms with van der Waals surface area (Å²) in [6, 6.07) is 6.86. The number of hydrogen-bond donors (Lipinski definition) is 4. The topological polar surface area (TPSA) is 123 Å². The van der Waals surface area contributed by atoms with E-state index < -0.39 is 5.82 Å². The number of ether oxygens (including phenoxy) is 1. The number of carbonyl (C=O) groups excluding carboxylic acids is 1. The molecule has 4 N–H and O–H groups in total. The molecule has 0 saturated carbocycles. The number of rotatable bonds is 8. The molecular weight excluding hydrogens is 475 g/mol. The lowest BCUT2D eigenvalue weighted by molar-refractivity contribution is -0.122. The molecule has 1 aliphatic heterocycles. The zero-order valence-electron chi connectivity index (χ0n) is 21.6. The molecule has 0 bridgehead atoms. The third-order valence-electron chi connectivity index (χ3n) is 5.28. The van der Waals surface area contributed by atoms with Gasteiger partial charge >= 0.3 is 0 Å². The van der Waals surface area contributed by atoms with Crippen LogP contribution in [-0.2, 0) is 4.79 Å². The van der Waals surface area contributed by atoms with Crippen molar-refractivity contribution in [3.63, 3.8) is 0 Å². The molecule has 1 fully saturated rings. The quantitative estimate of drug-likeness (QED) is 0.268. The number of fused-ring (bicyclic) bond motifs is 1. The number of anilines is 1. The SMILES string of the molecule is C=N/C(=C\C(=N/COc1ccc2[nH]c(C)cc2c1F)N1CCNC(=O)C1)Nc1cc(/C=C/C)[nH]n1.CC. The number of allylic oxidation sites excluding steroid dienone is 1. The van der Waals surface area contributed by atoms with Gasteiger partial charge in [0.2, 0.25) is 5.91 Å². The van der Waals surface area contributed by atoms with Crippen molar-refractivity contribution < 1.29 is 13.9 Å². The van der Waals surface area contributed by atoms with E-state index >= 15 is 0 Å². The highest BCUT2D eigenvalue weighted by molar-refractivity contribution is 5.97. The average molecular weight is 509 g/mol. The zero-order valence-corrected chi connectivity index (χ0v) is 21.6. The van der Waals surface area contributed by atoms with E-state index in [0.717, 1.165) is 11.4 Å². The minimum absolute atomic E-state index is 0.0909. The van der Waals surface area contributed by atoms with E-state index in [9.17, 15) is 9.18 Å². The Morgan fingerprint density at radius 3 is 2.89 bits per heavy atom. The van der Waals surface area contributed by atoms with Crippen molar-refractivity contribution in [1.82, 2.24) is 25.4 Å². The van der Waals surface area contributed by atoms with Gasteiger partial charge in [0.1, 0.15) is 11.7 Å². The van der Waals surface area contributed by atoms with Gasteiger partial charge in [0, 0.05) is 41.8 Å². The first-order valence-corrected chi connectivity index (χ1v) is 12.1. The van der Waals surface area contributed by atoms with Crippen LogP contribution in [0, 0.1) is 12.7 Å². The second kappa shape index (κ2) is 13.1. The molecule has 2 aromatic heterocycles. The molecule has 1 aliphatic rings. The molecule has 0 atom stereocenters. The summed E-state index contributed by atoms with van der Waals surface area (Å²) in [6.45, 7) is 12.4. The van der Waals surface area contributed by atoms with Gasteiger partial charge in [0.25, 0.3) is 0 Å². The van der Waals surface area contributed by atoms with Gasteiger partial charge in [-0.25, -0.2) is 14.4 Å². The normalized spacial score (nSPS) is 14.4. The number of benzene rings is 1. The van der Waals surface area contributed by atoms with Gasteiger partial charge in [-0.3, -0.25) is 9.89 Å². The molecule has 10 nitrogen and oxygen atoms in total. The Hall–Kier alpha value is -4.41. The van der Waals surface area contributed by atoms with Crippen LogP contribution in [0.2, 0.25) is 0 Å². The average Bonchev–Trinajstić information content (AvgIpc) is 3.51. The summed E-state index contributed by atoms with van der Waals surface area (Å²) < 4.78 is 20.5. The number of halogens is 1. The predicted molar refractivity (Wildman–Crippen MR) is 146 cm³/mol.